The number of hydrogen-bond acceptors (Lipinski definition) is 5. The van der Waals surface area contributed by atoms with E-state index < -0.39 is 28.6 Å². The van der Waals surface area contributed by atoms with Gasteiger partial charge in [0, 0.05) is 23.1 Å². The van der Waals surface area contributed by atoms with Gasteiger partial charge < -0.3 is 4.84 Å². The van der Waals surface area contributed by atoms with Gasteiger partial charge in [0.2, 0.25) is 0 Å². The summed E-state index contributed by atoms with van der Waals surface area (Å²) in [4.78, 5) is 39.6. The third-order valence-electron chi connectivity index (χ3n) is 2.65. The van der Waals surface area contributed by atoms with Crippen LogP contribution in [-0.2, 0) is 25.2 Å². The summed E-state index contributed by atoms with van der Waals surface area (Å²) in [6.07, 6.45) is 0.0900. The minimum absolute atomic E-state index is 0.0450. The van der Waals surface area contributed by atoms with Gasteiger partial charge in [-0.3, -0.25) is 9.59 Å². The Morgan fingerprint density at radius 2 is 1.75 bits per heavy atom. The Morgan fingerprint density at radius 1 is 1.20 bits per heavy atom. The van der Waals surface area contributed by atoms with Crippen LogP contribution >= 0.6 is 0 Å². The molecule has 0 aromatic heterocycles. The normalized spacial score (nSPS) is 16.1. The molecule has 0 radical (unpaired) electrons. The summed E-state index contributed by atoms with van der Waals surface area (Å²) in [7, 11) is -1.33. The number of rotatable bonds is 4. The number of hydrogen-bond donors (Lipinski definition) is 0. The molecule has 1 aromatic rings. The number of hydroxylamine groups is 2. The lowest BCUT2D eigenvalue weighted by Gasteiger charge is -2.12. The highest BCUT2D eigenvalue weighted by atomic mass is 32.2. The average molecular weight is 293 g/mol. The van der Waals surface area contributed by atoms with E-state index in [2.05, 4.69) is 6.58 Å². The van der Waals surface area contributed by atoms with Crippen LogP contribution < -0.4 is 0 Å². The maximum atomic E-state index is 11.8. The van der Waals surface area contributed by atoms with E-state index in [1.54, 1.807) is 0 Å². The SMILES string of the molecule is C=CS(=O)c1ccc(C(=O)ON2C(=O)CCC2=O)cc1. The molecule has 0 bridgehead atoms. The molecular formula is C13H11NO5S. The summed E-state index contributed by atoms with van der Waals surface area (Å²) in [5, 5.41) is 1.76. The molecule has 6 nitrogen and oxygen atoms in total. The van der Waals surface area contributed by atoms with E-state index in [4.69, 9.17) is 4.84 Å². The molecule has 104 valence electrons. The molecule has 1 heterocycles. The molecule has 7 heteroatoms. The number of amides is 2. The van der Waals surface area contributed by atoms with Crippen molar-refractivity contribution in [1.29, 1.82) is 0 Å². The second-order valence-electron chi connectivity index (χ2n) is 3.95. The summed E-state index contributed by atoms with van der Waals surface area (Å²) in [6.45, 7) is 3.41. The van der Waals surface area contributed by atoms with Gasteiger partial charge in [-0.25, -0.2) is 9.00 Å². The van der Waals surface area contributed by atoms with Crippen LogP contribution in [0.3, 0.4) is 0 Å². The number of nitrogens with zero attached hydrogens (tertiary/aromatic N) is 1. The molecule has 1 fully saturated rings. The molecule has 0 aliphatic carbocycles. The summed E-state index contributed by atoms with van der Waals surface area (Å²) < 4.78 is 11.4. The van der Waals surface area contributed by atoms with Crippen molar-refractivity contribution in [3.63, 3.8) is 0 Å². The Hall–Kier alpha value is -2.28. The van der Waals surface area contributed by atoms with Crippen molar-refractivity contribution in [3.05, 3.63) is 41.8 Å². The summed E-state index contributed by atoms with van der Waals surface area (Å²) in [6, 6.07) is 5.79. The lowest BCUT2D eigenvalue weighted by Crippen LogP contribution is -2.32. The molecule has 2 amide bonds. The van der Waals surface area contributed by atoms with E-state index in [9.17, 15) is 18.6 Å². The van der Waals surface area contributed by atoms with Gasteiger partial charge in [0.15, 0.2) is 0 Å². The lowest BCUT2D eigenvalue weighted by molar-refractivity contribution is -0.172. The van der Waals surface area contributed by atoms with Crippen molar-refractivity contribution in [2.75, 3.05) is 0 Å². The highest BCUT2D eigenvalue weighted by molar-refractivity contribution is 7.88. The first kappa shape index (κ1) is 14.1. The van der Waals surface area contributed by atoms with E-state index in [1.807, 2.05) is 0 Å². The zero-order valence-corrected chi connectivity index (χ0v) is 11.2. The first-order valence-corrected chi connectivity index (χ1v) is 6.95. The molecule has 2 rings (SSSR count). The predicted octanol–water partition coefficient (Wildman–Crippen LogP) is 1.16. The first-order chi connectivity index (χ1) is 9.52. The standard InChI is InChI=1S/C13H11NO5S/c1-2-20(18)10-5-3-9(4-6-10)13(17)19-14-11(15)7-8-12(14)16/h2-6H,1,7-8H2. The molecule has 1 aliphatic heterocycles. The smallest absolute Gasteiger partial charge is 0.325 e. The van der Waals surface area contributed by atoms with Crippen molar-refractivity contribution < 1.29 is 23.4 Å². The van der Waals surface area contributed by atoms with Gasteiger partial charge >= 0.3 is 5.97 Å². The molecule has 0 saturated carbocycles. The quantitative estimate of drug-likeness (QED) is 0.778. The first-order valence-electron chi connectivity index (χ1n) is 5.74. The van der Waals surface area contributed by atoms with Gasteiger partial charge in [-0.05, 0) is 24.3 Å². The molecule has 1 unspecified atom stereocenters. The van der Waals surface area contributed by atoms with Crippen molar-refractivity contribution in [2.45, 2.75) is 17.7 Å². The van der Waals surface area contributed by atoms with Crippen LogP contribution in [0.2, 0.25) is 0 Å². The van der Waals surface area contributed by atoms with Gasteiger partial charge in [-0.2, -0.15) is 0 Å². The van der Waals surface area contributed by atoms with Crippen LogP contribution in [0, 0.1) is 0 Å². The van der Waals surface area contributed by atoms with Gasteiger partial charge in [-0.1, -0.05) is 6.58 Å². The molecular weight excluding hydrogens is 282 g/mol. The fraction of sp³-hybridized carbons (Fsp3) is 0.154. The van der Waals surface area contributed by atoms with Crippen LogP contribution in [0.5, 0.6) is 0 Å². The number of carbonyl (C=O) groups excluding carboxylic acids is 3. The fourth-order valence-corrected chi connectivity index (χ4v) is 2.21. The lowest BCUT2D eigenvalue weighted by atomic mass is 10.2. The minimum atomic E-state index is -1.33. The van der Waals surface area contributed by atoms with E-state index in [0.717, 1.165) is 0 Å². The number of imide groups is 1. The molecule has 1 atom stereocenters. The molecule has 0 N–H and O–H groups in total. The highest BCUT2D eigenvalue weighted by Gasteiger charge is 2.33. The van der Waals surface area contributed by atoms with Crippen molar-refractivity contribution in [1.82, 2.24) is 5.06 Å². The summed E-state index contributed by atoms with van der Waals surface area (Å²) in [5.41, 5.74) is 0.155. The third-order valence-corrected chi connectivity index (χ3v) is 3.69. The monoisotopic (exact) mass is 293 g/mol. The van der Waals surface area contributed by atoms with E-state index in [-0.39, 0.29) is 18.4 Å². The van der Waals surface area contributed by atoms with Crippen molar-refractivity contribution >= 4 is 28.6 Å². The summed E-state index contributed by atoms with van der Waals surface area (Å²) in [5.74, 6) is -1.88. The van der Waals surface area contributed by atoms with Gasteiger partial charge in [-0.15, -0.1) is 5.06 Å². The Labute approximate surface area is 117 Å². The van der Waals surface area contributed by atoms with E-state index in [0.29, 0.717) is 9.96 Å². The molecule has 1 aliphatic rings. The largest absolute Gasteiger partial charge is 0.363 e. The third kappa shape index (κ3) is 2.83. The zero-order chi connectivity index (χ0) is 14.7. The van der Waals surface area contributed by atoms with E-state index in [1.165, 1.54) is 29.7 Å². The maximum absolute atomic E-state index is 11.8. The van der Waals surface area contributed by atoms with Crippen molar-refractivity contribution in [2.24, 2.45) is 0 Å². The predicted molar refractivity (Wildman–Crippen MR) is 69.5 cm³/mol. The Morgan fingerprint density at radius 3 is 2.25 bits per heavy atom. The molecule has 0 spiro atoms. The van der Waals surface area contributed by atoms with Crippen LogP contribution in [0.4, 0.5) is 0 Å². The van der Waals surface area contributed by atoms with Crippen LogP contribution in [0.15, 0.2) is 41.1 Å². The minimum Gasteiger partial charge on any atom is -0.325 e. The molecule has 20 heavy (non-hydrogen) atoms. The Bertz CT molecular complexity index is 592. The fourth-order valence-electron chi connectivity index (χ4n) is 1.61. The van der Waals surface area contributed by atoms with Gasteiger partial charge in [0.1, 0.15) is 0 Å². The zero-order valence-electron chi connectivity index (χ0n) is 10.4. The Balaban J connectivity index is 2.10. The number of carbonyl (C=O) groups is 3. The average Bonchev–Trinajstić information content (AvgIpc) is 2.78. The van der Waals surface area contributed by atoms with Gasteiger partial charge in [0.05, 0.1) is 16.4 Å². The molecule has 1 saturated heterocycles. The Kier molecular flexibility index (Phi) is 4.09. The number of benzene rings is 1. The maximum Gasteiger partial charge on any atom is 0.363 e. The van der Waals surface area contributed by atoms with Crippen LogP contribution in [-0.4, -0.2) is 27.1 Å². The highest BCUT2D eigenvalue weighted by Crippen LogP contribution is 2.15. The summed E-state index contributed by atoms with van der Waals surface area (Å²) >= 11 is 0. The second-order valence-corrected chi connectivity index (χ2v) is 5.35. The van der Waals surface area contributed by atoms with Crippen molar-refractivity contribution in [3.8, 4) is 0 Å². The van der Waals surface area contributed by atoms with E-state index >= 15 is 0 Å². The van der Waals surface area contributed by atoms with Gasteiger partial charge in [0.25, 0.3) is 11.8 Å². The molecule has 1 aromatic carbocycles. The topological polar surface area (TPSA) is 80.8 Å². The van der Waals surface area contributed by atoms with Crippen LogP contribution in [0.25, 0.3) is 0 Å². The second kappa shape index (κ2) is 5.79. The van der Waals surface area contributed by atoms with Crippen LogP contribution in [0.1, 0.15) is 23.2 Å².